The Morgan fingerprint density at radius 2 is 1.78 bits per heavy atom. The summed E-state index contributed by atoms with van der Waals surface area (Å²) in [5.41, 5.74) is 2.82. The molecule has 0 bridgehead atoms. The first-order chi connectivity index (χ1) is 22.2. The Kier molecular flexibility index (Phi) is 7.59. The number of benzene rings is 2. The van der Waals surface area contributed by atoms with Crippen molar-refractivity contribution >= 4 is 40.0 Å². The molecule has 3 aliphatic rings. The molecule has 1 saturated carbocycles. The molecule has 4 heterocycles. The van der Waals surface area contributed by atoms with Crippen LogP contribution in [0.4, 0.5) is 27.4 Å². The van der Waals surface area contributed by atoms with E-state index in [0.717, 1.165) is 50.3 Å². The van der Waals surface area contributed by atoms with Crippen LogP contribution in [0.3, 0.4) is 0 Å². The number of ether oxygens (including phenoxy) is 2. The van der Waals surface area contributed by atoms with E-state index in [1.807, 2.05) is 12.1 Å². The predicted molar refractivity (Wildman–Crippen MR) is 175 cm³/mol. The number of aryl methyl sites for hydroxylation is 1. The van der Waals surface area contributed by atoms with Crippen LogP contribution in [0.5, 0.6) is 17.2 Å². The van der Waals surface area contributed by atoms with Crippen molar-refractivity contribution in [3.05, 3.63) is 77.0 Å². The maximum absolute atomic E-state index is 14.8. The fourth-order valence-corrected chi connectivity index (χ4v) is 6.67. The van der Waals surface area contributed by atoms with Gasteiger partial charge in [-0.1, -0.05) is 12.6 Å². The number of rotatable bonds is 9. The number of anilines is 4. The van der Waals surface area contributed by atoms with Crippen LogP contribution in [0.2, 0.25) is 0 Å². The average molecular weight is 626 g/mol. The summed E-state index contributed by atoms with van der Waals surface area (Å²) in [6, 6.07) is 10.1. The van der Waals surface area contributed by atoms with Crippen LogP contribution in [-0.2, 0) is 11.8 Å². The number of fused-ring (bicyclic) bond motifs is 2. The van der Waals surface area contributed by atoms with Gasteiger partial charge in [-0.3, -0.25) is 14.2 Å². The minimum absolute atomic E-state index is 0.0144. The van der Waals surface area contributed by atoms with Crippen LogP contribution in [0.25, 0.3) is 11.0 Å². The van der Waals surface area contributed by atoms with Gasteiger partial charge in [0, 0.05) is 50.9 Å². The zero-order valence-corrected chi connectivity index (χ0v) is 26.0. The quantitative estimate of drug-likeness (QED) is 0.248. The minimum atomic E-state index is -0.508. The Labute approximate surface area is 265 Å². The van der Waals surface area contributed by atoms with E-state index in [-0.39, 0.29) is 23.4 Å². The number of nitrogens with zero attached hydrogens (tertiary/aromatic N) is 5. The van der Waals surface area contributed by atoms with Crippen LogP contribution in [0.15, 0.2) is 60.0 Å². The maximum atomic E-state index is 14.8. The fraction of sp³-hybridized carbons (Fsp3) is 0.353. The standard InChI is InChI=1S/C34H36FN7O4/c1-5-31(43)37-25-12-26(29(45-4)13-27(25)42-17-22-15-40(2)16-23(22)18-42)38-34-36-14-21-11-30(33(44)41(3)32(21)39-34)46-28-9-8-20(10-24(28)35)19-6-7-19/h5,8-14,19,22-23H,1,6-7,15-18H2,2-4H3,(H,37,43)(H,36,38,39)/t22-,23+. The second-order valence-corrected chi connectivity index (χ2v) is 12.4. The Bertz CT molecular complexity index is 1910. The van der Waals surface area contributed by atoms with Crippen LogP contribution in [0, 0.1) is 17.7 Å². The molecule has 7 rings (SSSR count). The van der Waals surface area contributed by atoms with Crippen molar-refractivity contribution in [1.82, 2.24) is 19.4 Å². The van der Waals surface area contributed by atoms with E-state index in [4.69, 9.17) is 9.47 Å². The molecule has 2 aromatic carbocycles. The molecule has 11 nitrogen and oxygen atoms in total. The number of pyridine rings is 1. The highest BCUT2D eigenvalue weighted by Crippen LogP contribution is 2.43. The van der Waals surface area contributed by atoms with Gasteiger partial charge in [0.15, 0.2) is 17.3 Å². The van der Waals surface area contributed by atoms with Crippen LogP contribution in [-0.4, -0.2) is 65.7 Å². The second-order valence-electron chi connectivity index (χ2n) is 12.4. The number of aromatic nitrogens is 3. The average Bonchev–Trinajstić information content (AvgIpc) is 3.74. The summed E-state index contributed by atoms with van der Waals surface area (Å²) >= 11 is 0. The normalized spacial score (nSPS) is 19.3. The number of hydrogen-bond donors (Lipinski definition) is 2. The molecule has 0 spiro atoms. The first-order valence-corrected chi connectivity index (χ1v) is 15.4. The molecule has 12 heteroatoms. The number of likely N-dealkylation sites (tertiary alicyclic amines) is 1. The van der Waals surface area contributed by atoms with Crippen LogP contribution >= 0.6 is 0 Å². The molecule has 0 radical (unpaired) electrons. The molecule has 2 aromatic heterocycles. The number of amides is 1. The van der Waals surface area contributed by atoms with Gasteiger partial charge >= 0.3 is 0 Å². The Balaban J connectivity index is 1.18. The van der Waals surface area contributed by atoms with Gasteiger partial charge in [0.1, 0.15) is 11.4 Å². The fourth-order valence-electron chi connectivity index (χ4n) is 6.67. The Morgan fingerprint density at radius 1 is 1.02 bits per heavy atom. The van der Waals surface area contributed by atoms with E-state index in [0.29, 0.717) is 45.9 Å². The molecule has 2 N–H and O–H groups in total. The first-order valence-electron chi connectivity index (χ1n) is 15.4. The molecule has 46 heavy (non-hydrogen) atoms. The van der Waals surface area contributed by atoms with E-state index < -0.39 is 11.4 Å². The molecule has 2 saturated heterocycles. The van der Waals surface area contributed by atoms with Gasteiger partial charge in [0.2, 0.25) is 11.9 Å². The Morgan fingerprint density at radius 3 is 2.46 bits per heavy atom. The number of methoxy groups -OCH3 is 1. The van der Waals surface area contributed by atoms with Gasteiger partial charge < -0.3 is 29.9 Å². The molecule has 1 amide bonds. The highest BCUT2D eigenvalue weighted by Gasteiger charge is 2.39. The zero-order chi connectivity index (χ0) is 32.1. The lowest BCUT2D eigenvalue weighted by atomic mass is 10.0. The third-order valence-electron chi connectivity index (χ3n) is 9.16. The molecule has 2 atom stereocenters. The largest absolute Gasteiger partial charge is 0.494 e. The first kappa shape index (κ1) is 29.7. The van der Waals surface area contributed by atoms with Crippen molar-refractivity contribution in [2.45, 2.75) is 18.8 Å². The van der Waals surface area contributed by atoms with Gasteiger partial charge in [-0.15, -0.1) is 0 Å². The third-order valence-corrected chi connectivity index (χ3v) is 9.16. The summed E-state index contributed by atoms with van der Waals surface area (Å²) in [6.45, 7) is 7.47. The van der Waals surface area contributed by atoms with Crippen molar-refractivity contribution in [2.24, 2.45) is 18.9 Å². The van der Waals surface area contributed by atoms with Crippen molar-refractivity contribution in [3.63, 3.8) is 0 Å². The summed E-state index contributed by atoms with van der Waals surface area (Å²) < 4.78 is 27.6. The van der Waals surface area contributed by atoms with Crippen molar-refractivity contribution in [3.8, 4) is 17.2 Å². The highest BCUT2D eigenvalue weighted by molar-refractivity contribution is 6.02. The van der Waals surface area contributed by atoms with Crippen LogP contribution < -0.4 is 30.6 Å². The summed E-state index contributed by atoms with van der Waals surface area (Å²) in [4.78, 5) is 39.4. The van der Waals surface area contributed by atoms with E-state index in [1.165, 1.54) is 22.8 Å². The van der Waals surface area contributed by atoms with Crippen molar-refractivity contribution in [2.75, 3.05) is 55.9 Å². The van der Waals surface area contributed by atoms with Gasteiger partial charge in [0.05, 0.1) is 24.2 Å². The van der Waals surface area contributed by atoms with Crippen LogP contribution in [0.1, 0.15) is 24.3 Å². The molecule has 3 fully saturated rings. The number of hydrogen-bond acceptors (Lipinski definition) is 9. The van der Waals surface area contributed by atoms with Crippen molar-refractivity contribution in [1.29, 1.82) is 0 Å². The summed E-state index contributed by atoms with van der Waals surface area (Å²) in [7, 11) is 5.30. The van der Waals surface area contributed by atoms with Crippen molar-refractivity contribution < 1.29 is 18.7 Å². The van der Waals surface area contributed by atoms with E-state index in [9.17, 15) is 14.0 Å². The summed E-state index contributed by atoms with van der Waals surface area (Å²) in [5.74, 6) is 1.39. The molecular weight excluding hydrogens is 589 g/mol. The second kappa shape index (κ2) is 11.8. The topological polar surface area (TPSA) is 114 Å². The zero-order valence-electron chi connectivity index (χ0n) is 26.0. The highest BCUT2D eigenvalue weighted by atomic mass is 19.1. The molecular formula is C34H36FN7O4. The molecule has 0 unspecified atom stereocenters. The minimum Gasteiger partial charge on any atom is -0.494 e. The van der Waals surface area contributed by atoms with Gasteiger partial charge in [-0.05, 0) is 73.5 Å². The van der Waals surface area contributed by atoms with Gasteiger partial charge in [-0.2, -0.15) is 4.98 Å². The predicted octanol–water partition coefficient (Wildman–Crippen LogP) is 5.01. The summed E-state index contributed by atoms with van der Waals surface area (Å²) in [5, 5.41) is 6.67. The lowest BCUT2D eigenvalue weighted by molar-refractivity contribution is -0.111. The number of halogens is 1. The van der Waals surface area contributed by atoms with E-state index >= 15 is 0 Å². The lowest BCUT2D eigenvalue weighted by Crippen LogP contribution is -2.27. The molecule has 1 aliphatic carbocycles. The summed E-state index contributed by atoms with van der Waals surface area (Å²) in [6.07, 6.45) is 4.91. The Hall–Kier alpha value is -4.97. The molecule has 238 valence electrons. The lowest BCUT2D eigenvalue weighted by Gasteiger charge is -2.26. The van der Waals surface area contributed by atoms with Gasteiger partial charge in [0.25, 0.3) is 5.56 Å². The monoisotopic (exact) mass is 625 g/mol. The number of carbonyl (C=O) groups excluding carboxylic acids is 1. The third kappa shape index (κ3) is 5.64. The SMILES string of the molecule is C=CC(=O)Nc1cc(Nc2ncc3cc(Oc4ccc(C5CC5)cc4F)c(=O)n(C)c3n2)c(OC)cc1N1C[C@H]2CN(C)C[C@H]2C1. The van der Waals surface area contributed by atoms with E-state index in [2.05, 4.69) is 44.0 Å². The number of carbonyl (C=O) groups is 1. The van der Waals surface area contributed by atoms with E-state index in [1.54, 1.807) is 32.5 Å². The maximum Gasteiger partial charge on any atom is 0.294 e. The molecule has 4 aromatic rings. The smallest absolute Gasteiger partial charge is 0.294 e. The molecule has 2 aliphatic heterocycles. The number of nitrogens with one attached hydrogen (secondary N) is 2. The van der Waals surface area contributed by atoms with Gasteiger partial charge in [-0.25, -0.2) is 9.37 Å².